The van der Waals surface area contributed by atoms with E-state index in [-0.39, 0.29) is 12.5 Å². The second kappa shape index (κ2) is 7.83. The Bertz CT molecular complexity index is 926. The third kappa shape index (κ3) is 3.75. The molecule has 4 heteroatoms. The third-order valence-corrected chi connectivity index (χ3v) is 4.29. The predicted octanol–water partition coefficient (Wildman–Crippen LogP) is 4.36. The van der Waals surface area contributed by atoms with E-state index in [1.54, 1.807) is 17.0 Å². The van der Waals surface area contributed by atoms with Crippen LogP contribution in [0.4, 0.5) is 5.69 Å². The summed E-state index contributed by atoms with van der Waals surface area (Å²) in [6.07, 6.45) is 0. The van der Waals surface area contributed by atoms with Gasteiger partial charge in [0.15, 0.2) is 6.61 Å². The van der Waals surface area contributed by atoms with Crippen LogP contribution in [0.5, 0.6) is 0 Å². The first-order valence-corrected chi connectivity index (χ1v) is 8.62. The molecule has 0 aromatic heterocycles. The van der Waals surface area contributed by atoms with Gasteiger partial charge in [0, 0.05) is 11.9 Å². The lowest BCUT2D eigenvalue weighted by Crippen LogP contribution is -2.34. The highest BCUT2D eigenvalue weighted by Crippen LogP contribution is 2.26. The number of carbonyl (C=O) groups excluding carboxylic acids is 2. The van der Waals surface area contributed by atoms with Crippen molar-refractivity contribution in [3.05, 3.63) is 77.9 Å². The summed E-state index contributed by atoms with van der Waals surface area (Å²) in [5.74, 6) is -0.739. The molecule has 0 saturated carbocycles. The Morgan fingerprint density at radius 1 is 0.923 bits per heavy atom. The number of benzene rings is 3. The average Bonchev–Trinajstić information content (AvgIpc) is 2.67. The van der Waals surface area contributed by atoms with Gasteiger partial charge in [-0.15, -0.1) is 0 Å². The Kier molecular flexibility index (Phi) is 5.32. The lowest BCUT2D eigenvalue weighted by Gasteiger charge is -2.22. The summed E-state index contributed by atoms with van der Waals surface area (Å²) in [4.78, 5) is 26.4. The minimum atomic E-state index is -0.493. The van der Waals surface area contributed by atoms with Crippen LogP contribution >= 0.6 is 0 Å². The summed E-state index contributed by atoms with van der Waals surface area (Å²) in [7, 11) is 0. The van der Waals surface area contributed by atoms with Gasteiger partial charge in [0.2, 0.25) is 0 Å². The van der Waals surface area contributed by atoms with Crippen molar-refractivity contribution < 1.29 is 14.3 Å². The van der Waals surface area contributed by atoms with Gasteiger partial charge in [0.05, 0.1) is 11.3 Å². The standard InChI is InChI=1S/C22H21NO3/c1-3-23(20-10-6-8-17-7-4-5-9-19(17)20)21(24)15-26-22(25)18-13-11-16(2)12-14-18/h4-14H,3,15H2,1-2H3. The van der Waals surface area contributed by atoms with E-state index in [0.29, 0.717) is 12.1 Å². The number of rotatable bonds is 5. The number of nitrogens with zero attached hydrogens (tertiary/aromatic N) is 1. The van der Waals surface area contributed by atoms with E-state index in [9.17, 15) is 9.59 Å². The Labute approximate surface area is 153 Å². The highest BCUT2D eigenvalue weighted by molar-refractivity contribution is 6.04. The highest BCUT2D eigenvalue weighted by atomic mass is 16.5. The van der Waals surface area contributed by atoms with Gasteiger partial charge in [0.1, 0.15) is 0 Å². The fraction of sp³-hybridized carbons (Fsp3) is 0.182. The van der Waals surface area contributed by atoms with Crippen molar-refractivity contribution in [3.8, 4) is 0 Å². The maximum absolute atomic E-state index is 12.7. The van der Waals surface area contributed by atoms with Gasteiger partial charge in [-0.3, -0.25) is 4.79 Å². The summed E-state index contributed by atoms with van der Waals surface area (Å²) in [6.45, 7) is 4.06. The van der Waals surface area contributed by atoms with Gasteiger partial charge in [-0.2, -0.15) is 0 Å². The molecule has 0 saturated heterocycles. The van der Waals surface area contributed by atoms with E-state index in [0.717, 1.165) is 22.0 Å². The number of hydrogen-bond donors (Lipinski definition) is 0. The molecule has 3 aromatic carbocycles. The van der Waals surface area contributed by atoms with Crippen LogP contribution in [0.1, 0.15) is 22.8 Å². The van der Waals surface area contributed by atoms with E-state index < -0.39 is 5.97 Å². The molecular formula is C22H21NO3. The molecule has 0 N–H and O–H groups in total. The molecule has 0 aliphatic carbocycles. The van der Waals surface area contributed by atoms with Gasteiger partial charge in [-0.25, -0.2) is 4.79 Å². The molecule has 4 nitrogen and oxygen atoms in total. The second-order valence-corrected chi connectivity index (χ2v) is 6.08. The van der Waals surface area contributed by atoms with Crippen LogP contribution in [-0.2, 0) is 9.53 Å². The van der Waals surface area contributed by atoms with Gasteiger partial charge in [-0.05, 0) is 37.4 Å². The number of likely N-dealkylation sites (N-methyl/N-ethyl adjacent to an activating group) is 1. The summed E-state index contributed by atoms with van der Waals surface area (Å²) < 4.78 is 5.22. The number of ether oxygens (including phenoxy) is 1. The fourth-order valence-corrected chi connectivity index (χ4v) is 2.90. The predicted molar refractivity (Wildman–Crippen MR) is 103 cm³/mol. The molecule has 3 aromatic rings. The van der Waals surface area contributed by atoms with E-state index in [4.69, 9.17) is 4.74 Å². The number of hydrogen-bond acceptors (Lipinski definition) is 3. The highest BCUT2D eigenvalue weighted by Gasteiger charge is 2.18. The molecule has 0 unspecified atom stereocenters. The molecule has 0 bridgehead atoms. The molecule has 3 rings (SSSR count). The van der Waals surface area contributed by atoms with Crippen LogP contribution in [0, 0.1) is 6.92 Å². The molecule has 0 radical (unpaired) electrons. The van der Waals surface area contributed by atoms with Crippen LogP contribution in [-0.4, -0.2) is 25.0 Å². The van der Waals surface area contributed by atoms with Crippen LogP contribution in [0.25, 0.3) is 10.8 Å². The summed E-state index contributed by atoms with van der Waals surface area (Å²) in [5.41, 5.74) is 2.32. The zero-order valence-corrected chi connectivity index (χ0v) is 14.9. The molecule has 0 atom stereocenters. The first-order valence-electron chi connectivity index (χ1n) is 8.62. The minimum absolute atomic E-state index is 0.246. The molecule has 1 amide bonds. The number of esters is 1. The Balaban J connectivity index is 1.74. The smallest absolute Gasteiger partial charge is 0.338 e. The molecule has 132 valence electrons. The van der Waals surface area contributed by atoms with Crippen LogP contribution in [0.2, 0.25) is 0 Å². The average molecular weight is 347 g/mol. The van der Waals surface area contributed by atoms with Crippen molar-refractivity contribution in [1.29, 1.82) is 0 Å². The zero-order valence-electron chi connectivity index (χ0n) is 14.9. The lowest BCUT2D eigenvalue weighted by atomic mass is 10.1. The maximum Gasteiger partial charge on any atom is 0.338 e. The van der Waals surface area contributed by atoms with Crippen molar-refractivity contribution in [2.24, 2.45) is 0 Å². The lowest BCUT2D eigenvalue weighted by molar-refractivity contribution is -0.121. The number of aryl methyl sites for hydroxylation is 1. The molecule has 0 fully saturated rings. The van der Waals surface area contributed by atoms with Crippen molar-refractivity contribution in [2.75, 3.05) is 18.1 Å². The normalized spacial score (nSPS) is 10.5. The van der Waals surface area contributed by atoms with Crippen molar-refractivity contribution >= 4 is 28.3 Å². The topological polar surface area (TPSA) is 46.6 Å². The summed E-state index contributed by atoms with van der Waals surface area (Å²) in [6, 6.07) is 20.8. The first-order chi connectivity index (χ1) is 12.6. The molecule has 0 aliphatic rings. The Hall–Kier alpha value is -3.14. The Morgan fingerprint density at radius 3 is 2.35 bits per heavy atom. The van der Waals surface area contributed by atoms with E-state index in [1.165, 1.54) is 0 Å². The number of carbonyl (C=O) groups is 2. The summed E-state index contributed by atoms with van der Waals surface area (Å²) in [5, 5.41) is 2.06. The van der Waals surface area contributed by atoms with Crippen molar-refractivity contribution in [3.63, 3.8) is 0 Å². The molecule has 26 heavy (non-hydrogen) atoms. The maximum atomic E-state index is 12.7. The molecular weight excluding hydrogens is 326 g/mol. The molecule has 0 aliphatic heterocycles. The van der Waals surface area contributed by atoms with E-state index in [1.807, 2.05) is 68.4 Å². The number of anilines is 1. The van der Waals surface area contributed by atoms with Gasteiger partial charge >= 0.3 is 5.97 Å². The van der Waals surface area contributed by atoms with Crippen molar-refractivity contribution in [1.82, 2.24) is 0 Å². The molecule has 0 spiro atoms. The SMILES string of the molecule is CCN(C(=O)COC(=O)c1ccc(C)cc1)c1cccc2ccccc12. The zero-order chi connectivity index (χ0) is 18.5. The van der Waals surface area contributed by atoms with Crippen LogP contribution < -0.4 is 4.90 Å². The first kappa shape index (κ1) is 17.7. The fourth-order valence-electron chi connectivity index (χ4n) is 2.90. The van der Waals surface area contributed by atoms with Crippen molar-refractivity contribution in [2.45, 2.75) is 13.8 Å². The number of fused-ring (bicyclic) bond motifs is 1. The quantitative estimate of drug-likeness (QED) is 0.644. The van der Waals surface area contributed by atoms with Gasteiger partial charge in [0.25, 0.3) is 5.91 Å². The summed E-state index contributed by atoms with van der Waals surface area (Å²) >= 11 is 0. The minimum Gasteiger partial charge on any atom is -0.452 e. The van der Waals surface area contributed by atoms with E-state index >= 15 is 0 Å². The number of amides is 1. The van der Waals surface area contributed by atoms with Gasteiger partial charge in [-0.1, -0.05) is 54.1 Å². The molecule has 0 heterocycles. The van der Waals surface area contributed by atoms with Crippen LogP contribution in [0.3, 0.4) is 0 Å². The second-order valence-electron chi connectivity index (χ2n) is 6.08. The largest absolute Gasteiger partial charge is 0.452 e. The van der Waals surface area contributed by atoms with Crippen LogP contribution in [0.15, 0.2) is 66.7 Å². The Morgan fingerprint density at radius 2 is 1.62 bits per heavy atom. The van der Waals surface area contributed by atoms with E-state index in [2.05, 4.69) is 0 Å². The monoisotopic (exact) mass is 347 g/mol. The third-order valence-electron chi connectivity index (χ3n) is 4.29. The van der Waals surface area contributed by atoms with Gasteiger partial charge < -0.3 is 9.64 Å².